The second-order valence-electron chi connectivity index (χ2n) is 7.35. The second kappa shape index (κ2) is 9.02. The number of piperidine rings is 1. The van der Waals surface area contributed by atoms with Crippen LogP contribution in [0.2, 0.25) is 10.0 Å². The van der Waals surface area contributed by atoms with Crippen LogP contribution >= 0.6 is 34.5 Å². The highest BCUT2D eigenvalue weighted by Gasteiger charge is 2.34. The van der Waals surface area contributed by atoms with E-state index in [1.807, 2.05) is 22.4 Å². The summed E-state index contributed by atoms with van der Waals surface area (Å²) in [4.78, 5) is 6.27. The highest BCUT2D eigenvalue weighted by atomic mass is 35.5. The summed E-state index contributed by atoms with van der Waals surface area (Å²) in [5.41, 5.74) is 1.89. The molecule has 4 rings (SSSR count). The Morgan fingerprint density at radius 1 is 1.06 bits per heavy atom. The van der Waals surface area contributed by atoms with Gasteiger partial charge >= 0.3 is 0 Å². The Morgan fingerprint density at radius 3 is 2.48 bits per heavy atom. The number of hydrogen-bond donors (Lipinski definition) is 0. The molecule has 0 spiro atoms. The molecule has 1 aliphatic rings. The summed E-state index contributed by atoms with van der Waals surface area (Å²) >= 11 is 13.5. The van der Waals surface area contributed by atoms with Crippen LogP contribution in [0.3, 0.4) is 0 Å². The Balaban J connectivity index is 1.41. The molecule has 0 bridgehead atoms. The molecule has 164 valence electrons. The van der Waals surface area contributed by atoms with Crippen LogP contribution in [0.1, 0.15) is 24.1 Å². The van der Waals surface area contributed by atoms with Crippen molar-refractivity contribution in [1.29, 1.82) is 0 Å². The van der Waals surface area contributed by atoms with Gasteiger partial charge in [0.05, 0.1) is 21.0 Å². The predicted octanol–water partition coefficient (Wildman–Crippen LogP) is 5.76. The number of halogens is 4. The molecule has 1 aliphatic heterocycles. The summed E-state index contributed by atoms with van der Waals surface area (Å²) in [6.07, 6.45) is 1.31. The normalized spacial score (nSPS) is 15.4. The van der Waals surface area contributed by atoms with Gasteiger partial charge in [-0.3, -0.25) is 0 Å². The van der Waals surface area contributed by atoms with Crippen LogP contribution in [0, 0.1) is 11.6 Å². The minimum atomic E-state index is -3.87. The third-order valence-electron chi connectivity index (χ3n) is 5.26. The van der Waals surface area contributed by atoms with Crippen molar-refractivity contribution in [2.24, 2.45) is 0 Å². The maximum Gasteiger partial charge on any atom is 0.185 e. The molecule has 4 nitrogen and oxygen atoms in total. The monoisotopic (exact) mass is 502 g/mol. The van der Waals surface area contributed by atoms with Gasteiger partial charge in [-0.15, -0.1) is 11.3 Å². The lowest BCUT2D eigenvalue weighted by Crippen LogP contribution is -2.39. The van der Waals surface area contributed by atoms with Gasteiger partial charge in [-0.25, -0.2) is 22.2 Å². The van der Waals surface area contributed by atoms with Crippen molar-refractivity contribution in [3.05, 3.63) is 74.7 Å². The van der Waals surface area contributed by atoms with E-state index < -0.39 is 31.6 Å². The van der Waals surface area contributed by atoms with Gasteiger partial charge in [0.25, 0.3) is 0 Å². The number of benzene rings is 2. The molecule has 0 radical (unpaired) electrons. The van der Waals surface area contributed by atoms with E-state index in [-0.39, 0.29) is 0 Å². The van der Waals surface area contributed by atoms with Gasteiger partial charge in [0.15, 0.2) is 15.0 Å². The number of hydrogen-bond acceptors (Lipinski definition) is 5. The van der Waals surface area contributed by atoms with Crippen LogP contribution in [-0.2, 0) is 16.3 Å². The van der Waals surface area contributed by atoms with Gasteiger partial charge in [-0.1, -0.05) is 29.3 Å². The third-order valence-corrected chi connectivity index (χ3v) is 9.24. The Kier molecular flexibility index (Phi) is 6.53. The highest BCUT2D eigenvalue weighted by Crippen LogP contribution is 2.31. The number of nitrogens with zero attached hydrogens (tertiary/aromatic N) is 2. The first-order chi connectivity index (χ1) is 14.7. The third kappa shape index (κ3) is 4.87. The maximum atomic E-state index is 14.0. The van der Waals surface area contributed by atoms with E-state index in [0.717, 1.165) is 28.5 Å². The van der Waals surface area contributed by atoms with Crippen molar-refractivity contribution in [3.63, 3.8) is 0 Å². The Labute approximate surface area is 193 Å². The lowest BCUT2D eigenvalue weighted by molar-refractivity contribution is 0.516. The summed E-state index contributed by atoms with van der Waals surface area (Å²) in [5, 5.41) is 3.07. The number of rotatable bonds is 5. The van der Waals surface area contributed by atoms with Gasteiger partial charge < -0.3 is 4.90 Å². The standard InChI is InChI=1S/C21H18Cl2F2N2O2S2/c22-17-3-1-13(10-18(17)23)9-15-12-30-21(26-15)27-7-5-16(6-8-27)31(28,29)20-4-2-14(24)11-19(20)25/h1-4,10-12,16H,5-9H2. The zero-order valence-electron chi connectivity index (χ0n) is 16.2. The molecule has 0 atom stereocenters. The molecule has 1 aromatic heterocycles. The molecule has 0 N–H and O–H groups in total. The first-order valence-corrected chi connectivity index (χ1v) is 12.7. The summed E-state index contributed by atoms with van der Waals surface area (Å²) in [5.74, 6) is -1.85. The van der Waals surface area contributed by atoms with Crippen LogP contribution < -0.4 is 4.90 Å². The van der Waals surface area contributed by atoms with E-state index in [2.05, 4.69) is 4.98 Å². The van der Waals surface area contributed by atoms with Crippen molar-refractivity contribution in [2.75, 3.05) is 18.0 Å². The zero-order valence-corrected chi connectivity index (χ0v) is 19.3. The molecule has 0 unspecified atom stereocenters. The largest absolute Gasteiger partial charge is 0.348 e. The van der Waals surface area contributed by atoms with Gasteiger partial charge in [-0.05, 0) is 42.7 Å². The zero-order chi connectivity index (χ0) is 22.2. The highest BCUT2D eigenvalue weighted by molar-refractivity contribution is 7.92. The quantitative estimate of drug-likeness (QED) is 0.416. The van der Waals surface area contributed by atoms with Gasteiger partial charge in [0, 0.05) is 31.0 Å². The fourth-order valence-electron chi connectivity index (χ4n) is 3.62. The van der Waals surface area contributed by atoms with E-state index >= 15 is 0 Å². The Morgan fingerprint density at radius 2 is 1.81 bits per heavy atom. The first kappa shape index (κ1) is 22.5. The molecule has 2 heterocycles. The average Bonchev–Trinajstić information content (AvgIpc) is 3.19. The minimum absolute atomic E-state index is 0.348. The van der Waals surface area contributed by atoms with Gasteiger partial charge in [0.2, 0.25) is 0 Å². The first-order valence-electron chi connectivity index (χ1n) is 9.56. The molecule has 0 aliphatic carbocycles. The average molecular weight is 503 g/mol. The Hall–Kier alpha value is -1.74. The van der Waals surface area contributed by atoms with Crippen molar-refractivity contribution < 1.29 is 17.2 Å². The number of thiazole rings is 1. The van der Waals surface area contributed by atoms with Crippen molar-refractivity contribution >= 4 is 49.5 Å². The second-order valence-corrected chi connectivity index (χ2v) is 11.2. The van der Waals surface area contributed by atoms with Crippen molar-refractivity contribution in [1.82, 2.24) is 4.98 Å². The molecule has 0 amide bonds. The van der Waals surface area contributed by atoms with Crippen LogP contribution in [0.5, 0.6) is 0 Å². The molecule has 10 heteroatoms. The van der Waals surface area contributed by atoms with Crippen molar-refractivity contribution in [2.45, 2.75) is 29.4 Å². The topological polar surface area (TPSA) is 50.3 Å². The van der Waals surface area contributed by atoms with Gasteiger partial charge in [0.1, 0.15) is 16.5 Å². The Bertz CT molecular complexity index is 1210. The smallest absolute Gasteiger partial charge is 0.185 e. The SMILES string of the molecule is O=S(=O)(c1ccc(F)cc1F)C1CCN(c2nc(Cc3ccc(Cl)c(Cl)c3)cs2)CC1. The molecule has 3 aromatic rings. The van der Waals surface area contributed by atoms with E-state index in [9.17, 15) is 17.2 Å². The fraction of sp³-hybridized carbons (Fsp3) is 0.286. The molecule has 31 heavy (non-hydrogen) atoms. The fourth-order valence-corrected chi connectivity index (χ4v) is 6.60. The number of sulfone groups is 1. The van der Waals surface area contributed by atoms with Crippen LogP contribution in [0.4, 0.5) is 13.9 Å². The van der Waals surface area contributed by atoms with Crippen molar-refractivity contribution in [3.8, 4) is 0 Å². The number of anilines is 1. The van der Waals surface area contributed by atoms with Crippen LogP contribution in [-0.4, -0.2) is 31.7 Å². The molecular weight excluding hydrogens is 485 g/mol. The lowest BCUT2D eigenvalue weighted by atomic mass is 10.1. The summed E-state index contributed by atoms with van der Waals surface area (Å²) < 4.78 is 52.8. The molecule has 1 fully saturated rings. The molecule has 0 saturated carbocycles. The number of aromatic nitrogens is 1. The van der Waals surface area contributed by atoms with E-state index in [1.54, 1.807) is 6.07 Å². The summed E-state index contributed by atoms with van der Waals surface area (Å²) in [6, 6.07) is 8.04. The van der Waals surface area contributed by atoms with Crippen LogP contribution in [0.25, 0.3) is 0 Å². The molecule has 1 saturated heterocycles. The van der Waals surface area contributed by atoms with Gasteiger partial charge in [-0.2, -0.15) is 0 Å². The van der Waals surface area contributed by atoms with E-state index in [4.69, 9.17) is 23.2 Å². The van der Waals surface area contributed by atoms with E-state index in [1.165, 1.54) is 11.3 Å². The molecule has 2 aromatic carbocycles. The maximum absolute atomic E-state index is 14.0. The predicted molar refractivity (Wildman–Crippen MR) is 120 cm³/mol. The minimum Gasteiger partial charge on any atom is -0.348 e. The van der Waals surface area contributed by atoms with Crippen LogP contribution in [0.15, 0.2) is 46.7 Å². The lowest BCUT2D eigenvalue weighted by Gasteiger charge is -2.31. The summed E-state index contributed by atoms with van der Waals surface area (Å²) in [7, 11) is -3.87. The molecular formula is C21H18Cl2F2N2O2S2. The summed E-state index contributed by atoms with van der Waals surface area (Å²) in [6.45, 7) is 0.985. The van der Waals surface area contributed by atoms with E-state index in [0.29, 0.717) is 48.5 Å².